The predicted octanol–water partition coefficient (Wildman–Crippen LogP) is 3.64. The molecule has 7 heteroatoms. The molecule has 23 heavy (non-hydrogen) atoms. The summed E-state index contributed by atoms with van der Waals surface area (Å²) in [5.41, 5.74) is 1.74. The van der Waals surface area contributed by atoms with Gasteiger partial charge in [0.05, 0.1) is 5.69 Å². The zero-order valence-electron chi connectivity index (χ0n) is 13.1. The number of rotatable bonds is 6. The van der Waals surface area contributed by atoms with E-state index in [1.807, 2.05) is 13.8 Å². The van der Waals surface area contributed by atoms with Crippen molar-refractivity contribution in [2.24, 2.45) is 0 Å². The van der Waals surface area contributed by atoms with Crippen LogP contribution in [0.2, 0.25) is 0 Å². The van der Waals surface area contributed by atoms with Gasteiger partial charge in [-0.15, -0.1) is 0 Å². The predicted molar refractivity (Wildman–Crippen MR) is 79.6 cm³/mol. The number of nitrogens with one attached hydrogen (secondary N) is 1. The fraction of sp³-hybridized carbons (Fsp3) is 0.375. The van der Waals surface area contributed by atoms with Crippen LogP contribution in [0, 0.1) is 6.92 Å². The Morgan fingerprint density at radius 2 is 1.96 bits per heavy atom. The Morgan fingerprint density at radius 3 is 2.52 bits per heavy atom. The number of ether oxygens (including phenoxy) is 1. The van der Waals surface area contributed by atoms with E-state index in [2.05, 4.69) is 15.2 Å². The smallest absolute Gasteiger partial charge is 0.387 e. The van der Waals surface area contributed by atoms with Crippen molar-refractivity contribution in [2.45, 2.75) is 39.8 Å². The van der Waals surface area contributed by atoms with Crippen molar-refractivity contribution >= 4 is 5.91 Å². The molecule has 2 aromatic rings. The van der Waals surface area contributed by atoms with Gasteiger partial charge in [-0.05, 0) is 24.6 Å². The fourth-order valence-corrected chi connectivity index (χ4v) is 2.12. The number of aromatic nitrogens is 1. The summed E-state index contributed by atoms with van der Waals surface area (Å²) in [7, 11) is 0. The Morgan fingerprint density at radius 1 is 1.30 bits per heavy atom. The quantitative estimate of drug-likeness (QED) is 0.881. The van der Waals surface area contributed by atoms with Gasteiger partial charge in [0, 0.05) is 12.5 Å². The first-order chi connectivity index (χ1) is 10.9. The first-order valence-electron chi connectivity index (χ1n) is 7.16. The maximum Gasteiger partial charge on any atom is 0.387 e. The van der Waals surface area contributed by atoms with Crippen LogP contribution >= 0.6 is 0 Å². The molecule has 0 saturated carbocycles. The van der Waals surface area contributed by atoms with Crippen LogP contribution in [0.3, 0.4) is 0 Å². The highest BCUT2D eigenvalue weighted by atomic mass is 19.3. The van der Waals surface area contributed by atoms with Crippen LogP contribution in [0.4, 0.5) is 8.78 Å². The van der Waals surface area contributed by atoms with E-state index >= 15 is 0 Å². The van der Waals surface area contributed by atoms with Crippen molar-refractivity contribution in [3.05, 3.63) is 46.8 Å². The van der Waals surface area contributed by atoms with Crippen molar-refractivity contribution in [2.75, 3.05) is 0 Å². The number of aryl methyl sites for hydroxylation is 1. The van der Waals surface area contributed by atoms with Gasteiger partial charge in [0.25, 0.3) is 5.91 Å². The maximum absolute atomic E-state index is 12.3. The zero-order chi connectivity index (χ0) is 17.0. The molecule has 1 aromatic carbocycles. The van der Waals surface area contributed by atoms with E-state index in [0.29, 0.717) is 17.0 Å². The molecule has 0 fully saturated rings. The van der Waals surface area contributed by atoms with Crippen LogP contribution in [-0.2, 0) is 6.54 Å². The summed E-state index contributed by atoms with van der Waals surface area (Å²) in [6.45, 7) is 2.94. The van der Waals surface area contributed by atoms with Gasteiger partial charge in [-0.25, -0.2) is 0 Å². The zero-order valence-corrected chi connectivity index (χ0v) is 13.1. The highest BCUT2D eigenvalue weighted by molar-refractivity contribution is 5.96. The average Bonchev–Trinajstić information content (AvgIpc) is 2.88. The summed E-state index contributed by atoms with van der Waals surface area (Å²) in [6.07, 6.45) is 0. The molecule has 2 rings (SSSR count). The van der Waals surface area contributed by atoms with Crippen LogP contribution in [0.1, 0.15) is 47.1 Å². The minimum absolute atomic E-state index is 0.0442. The fourth-order valence-electron chi connectivity index (χ4n) is 2.12. The topological polar surface area (TPSA) is 64.4 Å². The lowest BCUT2D eigenvalue weighted by Gasteiger charge is -2.08. The molecule has 0 bridgehead atoms. The van der Waals surface area contributed by atoms with Gasteiger partial charge in [0.15, 0.2) is 5.76 Å². The Hall–Kier alpha value is -2.44. The molecular weight excluding hydrogens is 306 g/mol. The van der Waals surface area contributed by atoms with Gasteiger partial charge in [-0.2, -0.15) is 8.78 Å². The third-order valence-corrected chi connectivity index (χ3v) is 3.24. The molecule has 0 atom stereocenters. The first-order valence-corrected chi connectivity index (χ1v) is 7.16. The molecule has 5 nitrogen and oxygen atoms in total. The summed E-state index contributed by atoms with van der Waals surface area (Å²) >= 11 is 0. The summed E-state index contributed by atoms with van der Waals surface area (Å²) in [6, 6.07) is 6.08. The van der Waals surface area contributed by atoms with Gasteiger partial charge in [-0.3, -0.25) is 4.79 Å². The standard InChI is InChI=1S/C16H18F2N2O3/c1-9(2)14-13(10(3)20-23-14)15(21)19-8-11-4-6-12(7-5-11)22-16(17)18/h4-7,9,16H,8H2,1-3H3,(H,19,21). The van der Waals surface area contributed by atoms with E-state index in [9.17, 15) is 13.6 Å². The van der Waals surface area contributed by atoms with Crippen LogP contribution in [0.5, 0.6) is 5.75 Å². The van der Waals surface area contributed by atoms with Crippen LogP contribution in [0.15, 0.2) is 28.8 Å². The lowest BCUT2D eigenvalue weighted by Crippen LogP contribution is -2.24. The molecule has 0 aliphatic heterocycles. The number of amides is 1. The van der Waals surface area contributed by atoms with Crippen molar-refractivity contribution in [1.82, 2.24) is 10.5 Å². The van der Waals surface area contributed by atoms with Crippen LogP contribution in [-0.4, -0.2) is 17.7 Å². The van der Waals surface area contributed by atoms with E-state index < -0.39 is 6.61 Å². The molecule has 1 heterocycles. The number of carbonyl (C=O) groups is 1. The third-order valence-electron chi connectivity index (χ3n) is 3.24. The van der Waals surface area contributed by atoms with Crippen LogP contribution in [0.25, 0.3) is 0 Å². The first kappa shape index (κ1) is 16.9. The monoisotopic (exact) mass is 324 g/mol. The summed E-state index contributed by atoms with van der Waals surface area (Å²) in [4.78, 5) is 12.3. The van der Waals surface area contributed by atoms with Crippen molar-refractivity contribution in [3.8, 4) is 5.75 Å². The molecule has 0 unspecified atom stereocenters. The lowest BCUT2D eigenvalue weighted by atomic mass is 10.0. The second kappa shape index (κ2) is 7.21. The van der Waals surface area contributed by atoms with Gasteiger partial charge in [0.2, 0.25) is 0 Å². The Balaban J connectivity index is 2.01. The van der Waals surface area contributed by atoms with Crippen LogP contribution < -0.4 is 10.1 Å². The van der Waals surface area contributed by atoms with Gasteiger partial charge < -0.3 is 14.6 Å². The van der Waals surface area contributed by atoms with Crippen molar-refractivity contribution < 1.29 is 22.8 Å². The van der Waals surface area contributed by atoms with Crippen molar-refractivity contribution in [3.63, 3.8) is 0 Å². The molecule has 0 radical (unpaired) electrons. The van der Waals surface area contributed by atoms with Crippen molar-refractivity contribution in [1.29, 1.82) is 0 Å². The number of carbonyl (C=O) groups excluding carboxylic acids is 1. The number of hydrogen-bond acceptors (Lipinski definition) is 4. The highest BCUT2D eigenvalue weighted by Gasteiger charge is 2.22. The summed E-state index contributed by atoms with van der Waals surface area (Å²) in [5, 5.41) is 6.60. The Kier molecular flexibility index (Phi) is 5.31. The minimum atomic E-state index is -2.86. The molecule has 1 amide bonds. The van der Waals surface area contributed by atoms with Gasteiger partial charge in [0.1, 0.15) is 11.3 Å². The normalized spacial score (nSPS) is 11.1. The lowest BCUT2D eigenvalue weighted by molar-refractivity contribution is -0.0498. The number of nitrogens with zero attached hydrogens (tertiary/aromatic N) is 1. The molecule has 1 N–H and O–H groups in total. The molecule has 1 aromatic heterocycles. The maximum atomic E-state index is 12.3. The van der Waals surface area contributed by atoms with E-state index in [1.54, 1.807) is 19.1 Å². The van der Waals surface area contributed by atoms with E-state index in [0.717, 1.165) is 5.56 Å². The highest BCUT2D eigenvalue weighted by Crippen LogP contribution is 2.22. The van der Waals surface area contributed by atoms with E-state index in [1.165, 1.54) is 12.1 Å². The molecule has 0 saturated heterocycles. The molecule has 124 valence electrons. The average molecular weight is 324 g/mol. The largest absolute Gasteiger partial charge is 0.435 e. The number of benzene rings is 1. The minimum Gasteiger partial charge on any atom is -0.435 e. The number of halogens is 2. The summed E-state index contributed by atoms with van der Waals surface area (Å²) < 4.78 is 33.6. The Labute approximate surface area is 132 Å². The number of alkyl halides is 2. The molecule has 0 aliphatic carbocycles. The Bertz CT molecular complexity index is 666. The SMILES string of the molecule is Cc1noc(C(C)C)c1C(=O)NCc1ccc(OC(F)F)cc1. The summed E-state index contributed by atoms with van der Waals surface area (Å²) in [5.74, 6) is 0.385. The van der Waals surface area contributed by atoms with Gasteiger partial charge in [-0.1, -0.05) is 31.1 Å². The molecule has 0 aliphatic rings. The number of hydrogen-bond donors (Lipinski definition) is 1. The molecule has 0 spiro atoms. The van der Waals surface area contributed by atoms with E-state index in [-0.39, 0.29) is 24.1 Å². The third kappa shape index (κ3) is 4.28. The van der Waals surface area contributed by atoms with E-state index in [4.69, 9.17) is 4.52 Å². The van der Waals surface area contributed by atoms with Gasteiger partial charge >= 0.3 is 6.61 Å². The molecular formula is C16H18F2N2O3. The second-order valence-electron chi connectivity index (χ2n) is 5.37. The second-order valence-corrected chi connectivity index (χ2v) is 5.37.